The maximum atomic E-state index is 13.7. The van der Waals surface area contributed by atoms with Crippen LogP contribution >= 0.6 is 11.3 Å². The molecule has 0 spiro atoms. The van der Waals surface area contributed by atoms with Crippen molar-refractivity contribution in [1.29, 1.82) is 0 Å². The van der Waals surface area contributed by atoms with Crippen LogP contribution in [0, 0.1) is 12.8 Å². The molecule has 34 heavy (non-hydrogen) atoms. The minimum atomic E-state index is -0.406. The Morgan fingerprint density at radius 2 is 1.88 bits per heavy atom. The highest BCUT2D eigenvalue weighted by atomic mass is 32.1. The summed E-state index contributed by atoms with van der Waals surface area (Å²) in [7, 11) is 1.36. The number of nitrogens with zero attached hydrogens (tertiary/aromatic N) is 2. The van der Waals surface area contributed by atoms with Crippen molar-refractivity contribution in [2.24, 2.45) is 5.92 Å². The average Bonchev–Trinajstić information content (AvgIpc) is 3.32. The minimum Gasteiger partial charge on any atom is -0.466 e. The zero-order valence-corrected chi connectivity index (χ0v) is 20.5. The van der Waals surface area contributed by atoms with Gasteiger partial charge < -0.3 is 9.64 Å². The molecule has 176 valence electrons. The highest BCUT2D eigenvalue weighted by Crippen LogP contribution is 2.31. The third-order valence-corrected chi connectivity index (χ3v) is 7.30. The van der Waals surface area contributed by atoms with Crippen molar-refractivity contribution in [3.63, 3.8) is 0 Å². The summed E-state index contributed by atoms with van der Waals surface area (Å²) >= 11 is 1.64. The number of carbonyl (C=O) groups is 2. The molecule has 0 radical (unpaired) electrons. The maximum absolute atomic E-state index is 13.7. The molecule has 1 saturated carbocycles. The number of aromatic nitrogens is 1. The van der Waals surface area contributed by atoms with Gasteiger partial charge in [-0.05, 0) is 54.7 Å². The third kappa shape index (κ3) is 5.81. The molecular formula is C28H30N2O3S. The van der Waals surface area contributed by atoms with Crippen molar-refractivity contribution >= 4 is 35.0 Å². The Morgan fingerprint density at radius 1 is 1.12 bits per heavy atom. The van der Waals surface area contributed by atoms with Gasteiger partial charge in [0.2, 0.25) is 5.91 Å². The summed E-state index contributed by atoms with van der Waals surface area (Å²) < 4.78 is 4.70. The van der Waals surface area contributed by atoms with Crippen LogP contribution in [0.15, 0.2) is 60.1 Å². The van der Waals surface area contributed by atoms with Gasteiger partial charge in [-0.1, -0.05) is 55.7 Å². The molecule has 4 rings (SSSR count). The van der Waals surface area contributed by atoms with E-state index in [0.717, 1.165) is 53.8 Å². The van der Waals surface area contributed by atoms with Gasteiger partial charge >= 0.3 is 5.97 Å². The van der Waals surface area contributed by atoms with Crippen LogP contribution in [0.25, 0.3) is 16.5 Å². The van der Waals surface area contributed by atoms with Crippen LogP contribution in [0.2, 0.25) is 0 Å². The number of esters is 1. The lowest BCUT2D eigenvalue weighted by molar-refractivity contribution is -0.134. The lowest BCUT2D eigenvalue weighted by Gasteiger charge is -2.30. The number of thiazole rings is 1. The molecule has 6 heteroatoms. The standard InChI is InChI=1S/C28H30N2O3S/c1-20-27(34-19-29-20)23-14-11-22(12-15-23)18-30(28(32)24-8-4-3-5-9-24)25-10-6-7-21(17-25)13-16-26(31)33-2/h6-7,10-17,19,24H,3-5,8-9,18H2,1-2H3/b16-13+. The van der Waals surface area contributed by atoms with E-state index >= 15 is 0 Å². The molecule has 0 unspecified atom stereocenters. The number of aryl methyl sites for hydroxylation is 1. The van der Waals surface area contributed by atoms with E-state index in [1.165, 1.54) is 24.5 Å². The molecule has 0 saturated heterocycles. The van der Waals surface area contributed by atoms with Gasteiger partial charge in [0.15, 0.2) is 0 Å². The molecule has 2 aromatic carbocycles. The Labute approximate surface area is 205 Å². The van der Waals surface area contributed by atoms with Crippen LogP contribution in [0.1, 0.15) is 48.9 Å². The summed E-state index contributed by atoms with van der Waals surface area (Å²) in [6.07, 6.45) is 8.42. The molecular weight excluding hydrogens is 444 g/mol. The number of hydrogen-bond acceptors (Lipinski definition) is 5. The summed E-state index contributed by atoms with van der Waals surface area (Å²) in [5, 5.41) is 0. The molecule has 1 aliphatic carbocycles. The predicted molar refractivity (Wildman–Crippen MR) is 138 cm³/mol. The van der Waals surface area contributed by atoms with Gasteiger partial charge in [-0.25, -0.2) is 9.78 Å². The molecule has 0 N–H and O–H groups in total. The smallest absolute Gasteiger partial charge is 0.330 e. The Bertz CT molecular complexity index is 1160. The van der Waals surface area contributed by atoms with Crippen molar-refractivity contribution in [3.05, 3.63) is 76.9 Å². The molecule has 1 aliphatic rings. The Morgan fingerprint density at radius 3 is 2.56 bits per heavy atom. The summed E-state index contributed by atoms with van der Waals surface area (Å²) in [5.74, 6) is -0.171. The second-order valence-electron chi connectivity index (χ2n) is 8.67. The number of hydrogen-bond donors (Lipinski definition) is 0. The van der Waals surface area contributed by atoms with E-state index in [4.69, 9.17) is 4.74 Å². The van der Waals surface area contributed by atoms with Crippen LogP contribution in [-0.4, -0.2) is 24.0 Å². The van der Waals surface area contributed by atoms with Gasteiger partial charge in [0, 0.05) is 17.7 Å². The summed E-state index contributed by atoms with van der Waals surface area (Å²) in [6, 6.07) is 16.2. The number of rotatable bonds is 7. The average molecular weight is 475 g/mol. The second-order valence-corrected chi connectivity index (χ2v) is 9.53. The topological polar surface area (TPSA) is 59.5 Å². The number of anilines is 1. The monoisotopic (exact) mass is 474 g/mol. The lowest BCUT2D eigenvalue weighted by atomic mass is 9.88. The minimum absolute atomic E-state index is 0.0575. The Kier molecular flexibility index (Phi) is 7.91. The summed E-state index contributed by atoms with van der Waals surface area (Å²) in [5.41, 5.74) is 6.80. The lowest BCUT2D eigenvalue weighted by Crippen LogP contribution is -2.36. The molecule has 1 aromatic heterocycles. The summed E-state index contributed by atoms with van der Waals surface area (Å²) in [6.45, 7) is 2.52. The van der Waals surface area contributed by atoms with Crippen LogP contribution in [0.4, 0.5) is 5.69 Å². The molecule has 5 nitrogen and oxygen atoms in total. The fourth-order valence-corrected chi connectivity index (χ4v) is 5.23. The van der Waals surface area contributed by atoms with Crippen molar-refractivity contribution < 1.29 is 14.3 Å². The van der Waals surface area contributed by atoms with E-state index in [9.17, 15) is 9.59 Å². The first-order valence-electron chi connectivity index (χ1n) is 11.7. The van der Waals surface area contributed by atoms with Gasteiger partial charge in [0.05, 0.1) is 29.7 Å². The molecule has 0 atom stereocenters. The van der Waals surface area contributed by atoms with Crippen molar-refractivity contribution in [3.8, 4) is 10.4 Å². The maximum Gasteiger partial charge on any atom is 0.330 e. The van der Waals surface area contributed by atoms with E-state index < -0.39 is 5.97 Å². The fraction of sp³-hybridized carbons (Fsp3) is 0.321. The quantitative estimate of drug-likeness (QED) is 0.293. The largest absolute Gasteiger partial charge is 0.466 e. The van der Waals surface area contributed by atoms with E-state index in [2.05, 4.69) is 29.2 Å². The van der Waals surface area contributed by atoms with E-state index in [0.29, 0.717) is 6.54 Å². The van der Waals surface area contributed by atoms with Crippen LogP contribution < -0.4 is 4.90 Å². The SMILES string of the molecule is COC(=O)/C=C/c1cccc(N(Cc2ccc(-c3scnc3C)cc2)C(=O)C2CCCCC2)c1. The molecule has 1 amide bonds. The number of benzene rings is 2. The van der Waals surface area contributed by atoms with Crippen molar-refractivity contribution in [2.45, 2.75) is 45.6 Å². The first kappa shape index (κ1) is 23.9. The molecule has 1 heterocycles. The highest BCUT2D eigenvalue weighted by molar-refractivity contribution is 7.13. The van der Waals surface area contributed by atoms with Crippen molar-refractivity contribution in [2.75, 3.05) is 12.0 Å². The number of methoxy groups -OCH3 is 1. The summed E-state index contributed by atoms with van der Waals surface area (Å²) in [4.78, 5) is 32.6. The molecule has 0 bridgehead atoms. The normalized spacial score (nSPS) is 14.3. The number of carbonyl (C=O) groups excluding carboxylic acids is 2. The number of amides is 1. The van der Waals surface area contributed by atoms with Crippen LogP contribution in [0.5, 0.6) is 0 Å². The zero-order chi connectivity index (χ0) is 23.9. The second kappa shape index (κ2) is 11.3. The molecule has 3 aromatic rings. The fourth-order valence-electron chi connectivity index (χ4n) is 4.42. The van der Waals surface area contributed by atoms with E-state index in [1.807, 2.05) is 41.6 Å². The highest BCUT2D eigenvalue weighted by Gasteiger charge is 2.27. The first-order chi connectivity index (χ1) is 16.5. The first-order valence-corrected chi connectivity index (χ1v) is 12.6. The Balaban J connectivity index is 1.61. The predicted octanol–water partition coefficient (Wildman–Crippen LogP) is 6.42. The van der Waals surface area contributed by atoms with Crippen LogP contribution in [-0.2, 0) is 20.9 Å². The third-order valence-electron chi connectivity index (χ3n) is 6.32. The molecule has 0 aliphatic heterocycles. The van der Waals surface area contributed by atoms with Gasteiger partial charge in [-0.15, -0.1) is 11.3 Å². The van der Waals surface area contributed by atoms with Gasteiger partial charge in [-0.2, -0.15) is 0 Å². The van der Waals surface area contributed by atoms with E-state index in [1.54, 1.807) is 17.4 Å². The molecule has 1 fully saturated rings. The Hall–Kier alpha value is -3.25. The van der Waals surface area contributed by atoms with Crippen molar-refractivity contribution in [1.82, 2.24) is 4.98 Å². The van der Waals surface area contributed by atoms with Gasteiger partial charge in [0.1, 0.15) is 0 Å². The van der Waals surface area contributed by atoms with Gasteiger partial charge in [0.25, 0.3) is 0 Å². The van der Waals surface area contributed by atoms with Crippen LogP contribution in [0.3, 0.4) is 0 Å². The van der Waals surface area contributed by atoms with E-state index in [-0.39, 0.29) is 11.8 Å². The number of ether oxygens (including phenoxy) is 1. The zero-order valence-electron chi connectivity index (χ0n) is 19.7. The van der Waals surface area contributed by atoms with Gasteiger partial charge in [-0.3, -0.25) is 4.79 Å².